The zero-order chi connectivity index (χ0) is 21.2. The molecular formula is C18H17F3N4O4. The lowest BCUT2D eigenvalue weighted by atomic mass is 10.2. The van der Waals surface area contributed by atoms with Crippen LogP contribution in [0.25, 0.3) is 10.9 Å². The van der Waals surface area contributed by atoms with Gasteiger partial charge in [-0.2, -0.15) is 18.3 Å². The van der Waals surface area contributed by atoms with Crippen LogP contribution in [0.5, 0.6) is 5.75 Å². The van der Waals surface area contributed by atoms with Crippen molar-refractivity contribution >= 4 is 22.5 Å². The zero-order valence-electron chi connectivity index (χ0n) is 15.1. The molecule has 0 aliphatic rings. The molecule has 0 aliphatic carbocycles. The van der Waals surface area contributed by atoms with Crippen LogP contribution in [0.15, 0.2) is 36.5 Å². The Morgan fingerprint density at radius 2 is 2.10 bits per heavy atom. The lowest BCUT2D eigenvalue weighted by Gasteiger charge is -2.11. The maximum atomic E-state index is 12.8. The number of fused-ring (bicyclic) bond motifs is 1. The van der Waals surface area contributed by atoms with Crippen molar-refractivity contribution in [2.24, 2.45) is 0 Å². The van der Waals surface area contributed by atoms with E-state index in [9.17, 15) is 23.1 Å². The quantitative estimate of drug-likeness (QED) is 0.574. The maximum Gasteiger partial charge on any atom is 0.433 e. The van der Waals surface area contributed by atoms with E-state index in [1.165, 1.54) is 30.0 Å². The molecule has 0 fully saturated rings. The van der Waals surface area contributed by atoms with Crippen molar-refractivity contribution in [3.05, 3.63) is 47.9 Å². The molecule has 1 amide bonds. The van der Waals surface area contributed by atoms with Crippen LogP contribution in [-0.2, 0) is 12.7 Å². The minimum absolute atomic E-state index is 0.0589. The molecule has 0 radical (unpaired) electrons. The lowest BCUT2D eigenvalue weighted by Crippen LogP contribution is -2.19. The smallest absolute Gasteiger partial charge is 0.433 e. The number of rotatable bonds is 6. The summed E-state index contributed by atoms with van der Waals surface area (Å²) in [6.07, 6.45) is -4.07. The molecule has 11 heteroatoms. The Kier molecular flexibility index (Phi) is 5.71. The van der Waals surface area contributed by atoms with Crippen LogP contribution >= 0.6 is 0 Å². The van der Waals surface area contributed by atoms with Crippen LogP contribution in [-0.4, -0.2) is 50.7 Å². The largest absolute Gasteiger partial charge is 0.494 e. The normalized spacial score (nSPS) is 12.8. The second-order valence-corrected chi connectivity index (χ2v) is 6.16. The summed E-state index contributed by atoms with van der Waals surface area (Å²) in [5.41, 5.74) is -0.853. The first kappa shape index (κ1) is 20.6. The number of carbonyl (C=O) groups excluding carboxylic acids is 1. The van der Waals surface area contributed by atoms with E-state index in [0.29, 0.717) is 10.9 Å². The number of carbonyl (C=O) groups is 1. The molecule has 154 valence electrons. The van der Waals surface area contributed by atoms with E-state index in [1.54, 1.807) is 6.20 Å². The second-order valence-electron chi connectivity index (χ2n) is 6.16. The molecule has 0 spiro atoms. The average molecular weight is 410 g/mol. The zero-order valence-corrected chi connectivity index (χ0v) is 15.1. The summed E-state index contributed by atoms with van der Waals surface area (Å²) >= 11 is 0. The van der Waals surface area contributed by atoms with Crippen LogP contribution in [0.4, 0.5) is 18.9 Å². The van der Waals surface area contributed by atoms with E-state index in [-0.39, 0.29) is 18.0 Å². The van der Waals surface area contributed by atoms with Crippen LogP contribution in [0.1, 0.15) is 16.2 Å². The fourth-order valence-electron chi connectivity index (χ4n) is 2.64. The summed E-state index contributed by atoms with van der Waals surface area (Å²) in [5, 5.41) is 25.8. The number of aliphatic hydroxyl groups excluding tert-OH is 2. The molecule has 0 unspecified atom stereocenters. The van der Waals surface area contributed by atoms with Gasteiger partial charge in [0.1, 0.15) is 17.1 Å². The summed E-state index contributed by atoms with van der Waals surface area (Å²) in [6, 6.07) is 6.12. The number of benzene rings is 1. The first-order valence-electron chi connectivity index (χ1n) is 8.41. The van der Waals surface area contributed by atoms with Crippen molar-refractivity contribution in [2.75, 3.05) is 19.0 Å². The third-order valence-corrected chi connectivity index (χ3v) is 4.00. The minimum Gasteiger partial charge on any atom is -0.494 e. The molecule has 1 atom stereocenters. The molecule has 3 rings (SSSR count). The van der Waals surface area contributed by atoms with Gasteiger partial charge in [-0.25, -0.2) is 4.98 Å². The van der Waals surface area contributed by atoms with Gasteiger partial charge >= 0.3 is 6.18 Å². The van der Waals surface area contributed by atoms with Crippen molar-refractivity contribution in [2.45, 2.75) is 18.8 Å². The highest BCUT2D eigenvalue weighted by Crippen LogP contribution is 2.31. The van der Waals surface area contributed by atoms with Gasteiger partial charge in [0.15, 0.2) is 0 Å². The number of aliphatic hydroxyl groups is 2. The van der Waals surface area contributed by atoms with Crippen LogP contribution in [0, 0.1) is 0 Å². The molecule has 8 nitrogen and oxygen atoms in total. The highest BCUT2D eigenvalue weighted by atomic mass is 19.4. The number of anilines is 1. The number of methoxy groups -OCH3 is 1. The van der Waals surface area contributed by atoms with Crippen LogP contribution in [0.2, 0.25) is 0 Å². The van der Waals surface area contributed by atoms with E-state index >= 15 is 0 Å². The summed E-state index contributed by atoms with van der Waals surface area (Å²) in [6.45, 7) is -0.367. The molecule has 2 heterocycles. The number of hydrogen-bond acceptors (Lipinski definition) is 6. The first-order chi connectivity index (χ1) is 13.7. The number of nitrogens with one attached hydrogen (secondary N) is 1. The number of ether oxygens (including phenoxy) is 1. The van der Waals surface area contributed by atoms with Crippen molar-refractivity contribution in [1.82, 2.24) is 14.8 Å². The predicted octanol–water partition coefficient (Wildman–Crippen LogP) is 2.06. The van der Waals surface area contributed by atoms with Crippen molar-refractivity contribution < 1.29 is 32.9 Å². The van der Waals surface area contributed by atoms with Gasteiger partial charge < -0.3 is 20.3 Å². The summed E-state index contributed by atoms with van der Waals surface area (Å²) in [5.74, 6) is -0.595. The van der Waals surface area contributed by atoms with Gasteiger partial charge in [0.2, 0.25) is 0 Å². The van der Waals surface area contributed by atoms with Crippen molar-refractivity contribution in [1.29, 1.82) is 0 Å². The number of alkyl halides is 3. The third-order valence-electron chi connectivity index (χ3n) is 4.00. The van der Waals surface area contributed by atoms with Gasteiger partial charge in [0, 0.05) is 17.6 Å². The van der Waals surface area contributed by atoms with Gasteiger partial charge in [0.25, 0.3) is 5.91 Å². The number of amides is 1. The van der Waals surface area contributed by atoms with E-state index < -0.39 is 36.2 Å². The molecule has 0 saturated heterocycles. The Morgan fingerprint density at radius 3 is 2.76 bits per heavy atom. The number of pyridine rings is 1. The summed E-state index contributed by atoms with van der Waals surface area (Å²) in [7, 11) is 1.37. The Labute approximate surface area is 162 Å². The van der Waals surface area contributed by atoms with Gasteiger partial charge in [-0.15, -0.1) is 0 Å². The van der Waals surface area contributed by atoms with Gasteiger partial charge in [-0.1, -0.05) is 6.07 Å². The van der Waals surface area contributed by atoms with E-state index in [4.69, 9.17) is 9.84 Å². The van der Waals surface area contributed by atoms with Gasteiger partial charge in [-0.3, -0.25) is 9.48 Å². The first-order valence-corrected chi connectivity index (χ1v) is 8.41. The molecule has 0 aliphatic heterocycles. The molecule has 1 aromatic carbocycles. The van der Waals surface area contributed by atoms with Crippen LogP contribution in [0.3, 0.4) is 0 Å². The van der Waals surface area contributed by atoms with Crippen molar-refractivity contribution in [3.63, 3.8) is 0 Å². The standard InChI is InChI=1S/C18H17F3N4O4/c1-29-15-6-13-10(7-25(24-13)8-11(27)9-26)5-14(15)23-17(28)12-3-2-4-16(22-12)18(19,20)21/h2-7,11,26-27H,8-9H2,1H3,(H,23,28)/t11-/m0/s1. The Morgan fingerprint density at radius 1 is 1.34 bits per heavy atom. The predicted molar refractivity (Wildman–Crippen MR) is 96.6 cm³/mol. The SMILES string of the molecule is COc1cc2nn(C[C@H](O)CO)cc2cc1NC(=O)c1cccc(C(F)(F)F)n1. The molecule has 29 heavy (non-hydrogen) atoms. The van der Waals surface area contributed by atoms with Crippen molar-refractivity contribution in [3.8, 4) is 5.75 Å². The van der Waals surface area contributed by atoms with Gasteiger partial charge in [0.05, 0.1) is 37.6 Å². The number of halogens is 3. The maximum absolute atomic E-state index is 12.8. The Hall–Kier alpha value is -3.18. The molecule has 0 saturated carbocycles. The summed E-state index contributed by atoms with van der Waals surface area (Å²) < 4.78 is 45.1. The number of aromatic nitrogens is 3. The monoisotopic (exact) mass is 410 g/mol. The number of hydrogen-bond donors (Lipinski definition) is 3. The van der Waals surface area contributed by atoms with Crippen LogP contribution < -0.4 is 10.1 Å². The fraction of sp³-hybridized carbons (Fsp3) is 0.278. The van der Waals surface area contributed by atoms with Gasteiger partial charge in [-0.05, 0) is 18.2 Å². The van der Waals surface area contributed by atoms with E-state index in [1.807, 2.05) is 0 Å². The summed E-state index contributed by atoms with van der Waals surface area (Å²) in [4.78, 5) is 15.8. The molecule has 0 bridgehead atoms. The average Bonchev–Trinajstić information content (AvgIpc) is 3.07. The lowest BCUT2D eigenvalue weighted by molar-refractivity contribution is -0.141. The van der Waals surface area contributed by atoms with E-state index in [0.717, 1.165) is 12.1 Å². The molecular weight excluding hydrogens is 393 g/mol. The number of nitrogens with zero attached hydrogens (tertiary/aromatic N) is 3. The highest BCUT2D eigenvalue weighted by molar-refractivity contribution is 6.05. The molecule has 3 N–H and O–H groups in total. The minimum atomic E-state index is -4.67. The topological polar surface area (TPSA) is 110 Å². The molecule has 2 aromatic heterocycles. The third kappa shape index (κ3) is 4.63. The fourth-order valence-corrected chi connectivity index (χ4v) is 2.64. The highest BCUT2D eigenvalue weighted by Gasteiger charge is 2.33. The second kappa shape index (κ2) is 8.05. The Balaban J connectivity index is 1.89. The Bertz CT molecular complexity index is 1040. The molecule has 3 aromatic rings. The van der Waals surface area contributed by atoms with E-state index in [2.05, 4.69) is 15.4 Å².